The first-order chi connectivity index (χ1) is 10.3. The number of nitrogens with one attached hydrogen (secondary N) is 1. The first kappa shape index (κ1) is 14.4. The number of esters is 1. The Bertz CT molecular complexity index is 501. The molecule has 114 valence electrons. The van der Waals surface area contributed by atoms with Gasteiger partial charge in [-0.25, -0.2) is 4.79 Å². The molecule has 2 N–H and O–H groups in total. The Morgan fingerprint density at radius 3 is 2.86 bits per heavy atom. The normalized spacial score (nSPS) is 28.7. The predicted molar refractivity (Wildman–Crippen MR) is 79.4 cm³/mol. The Kier molecular flexibility index (Phi) is 4.44. The quantitative estimate of drug-likeness (QED) is 0.827. The summed E-state index contributed by atoms with van der Waals surface area (Å²) in [4.78, 5) is 13.8. The van der Waals surface area contributed by atoms with Gasteiger partial charge in [0.15, 0.2) is 0 Å². The van der Waals surface area contributed by atoms with E-state index in [2.05, 4.69) is 0 Å². The molecule has 2 heterocycles. The van der Waals surface area contributed by atoms with E-state index in [1.165, 1.54) is 44.8 Å². The van der Waals surface area contributed by atoms with Crippen molar-refractivity contribution in [3.05, 3.63) is 29.8 Å². The number of phenols is 1. The van der Waals surface area contributed by atoms with Crippen LogP contribution in [0.25, 0.3) is 0 Å². The molecular weight excluding hydrogens is 266 g/mol. The van der Waals surface area contributed by atoms with E-state index in [9.17, 15) is 9.90 Å². The second kappa shape index (κ2) is 6.48. The number of para-hydroxylation sites is 1. The number of hydrogen-bond acceptors (Lipinski definition) is 3. The second-order valence-corrected chi connectivity index (χ2v) is 6.28. The van der Waals surface area contributed by atoms with Crippen LogP contribution in [0.2, 0.25) is 0 Å². The lowest BCUT2D eigenvalue weighted by Crippen LogP contribution is -3.18. The summed E-state index contributed by atoms with van der Waals surface area (Å²) < 4.78 is 5.49. The van der Waals surface area contributed by atoms with Gasteiger partial charge in [-0.15, -0.1) is 0 Å². The van der Waals surface area contributed by atoms with Crippen LogP contribution < -0.4 is 4.90 Å². The van der Waals surface area contributed by atoms with Crippen molar-refractivity contribution in [1.82, 2.24) is 0 Å². The van der Waals surface area contributed by atoms with Gasteiger partial charge in [-0.05, 0) is 44.2 Å². The second-order valence-electron chi connectivity index (χ2n) is 6.28. The van der Waals surface area contributed by atoms with Crippen LogP contribution >= 0.6 is 0 Å². The third-order valence-electron chi connectivity index (χ3n) is 4.98. The molecule has 1 unspecified atom stereocenters. The molecule has 21 heavy (non-hydrogen) atoms. The zero-order valence-corrected chi connectivity index (χ0v) is 12.4. The third kappa shape index (κ3) is 3.21. The molecule has 0 aromatic heterocycles. The van der Waals surface area contributed by atoms with Gasteiger partial charge in [0.1, 0.15) is 17.9 Å². The fourth-order valence-corrected chi connectivity index (χ4v) is 3.88. The van der Waals surface area contributed by atoms with E-state index < -0.39 is 5.97 Å². The molecule has 3 atom stereocenters. The predicted octanol–water partition coefficient (Wildman–Crippen LogP) is 1.40. The molecule has 0 radical (unpaired) electrons. The molecule has 1 aromatic carbocycles. The van der Waals surface area contributed by atoms with Crippen LogP contribution in [0.5, 0.6) is 5.75 Å². The molecule has 2 fully saturated rings. The lowest BCUT2D eigenvalue weighted by atomic mass is 9.84. The zero-order valence-electron chi connectivity index (χ0n) is 12.4. The minimum atomic E-state index is -0.406. The lowest BCUT2D eigenvalue weighted by Gasteiger charge is -2.40. The van der Waals surface area contributed by atoms with Crippen molar-refractivity contribution in [1.29, 1.82) is 0 Å². The van der Waals surface area contributed by atoms with Gasteiger partial charge in [-0.3, -0.25) is 0 Å². The number of rotatable bonds is 3. The minimum absolute atomic E-state index is 0.00365. The lowest BCUT2D eigenvalue weighted by molar-refractivity contribution is -0.940. The van der Waals surface area contributed by atoms with Crippen molar-refractivity contribution in [2.75, 3.05) is 19.7 Å². The van der Waals surface area contributed by atoms with E-state index in [1.807, 2.05) is 0 Å². The van der Waals surface area contributed by atoms with E-state index in [0.29, 0.717) is 18.6 Å². The molecule has 3 rings (SSSR count). The maximum Gasteiger partial charge on any atom is 0.341 e. The number of carbonyl (C=O) groups excluding carboxylic acids is 1. The summed E-state index contributed by atoms with van der Waals surface area (Å²) >= 11 is 0. The standard InChI is InChI=1S/C17H23NO3/c19-16-9-2-1-7-14(16)17(20)21-12-13-6-5-11-18-10-4-3-8-15(13)18/h1-2,7,9,13,15,19H,3-6,8,10-12H2/p+1/t13-,15+/m0/s1. The van der Waals surface area contributed by atoms with Crippen LogP contribution in [0.1, 0.15) is 42.5 Å². The number of hydrogen-bond donors (Lipinski definition) is 2. The third-order valence-corrected chi connectivity index (χ3v) is 4.98. The molecule has 0 bridgehead atoms. The fraction of sp³-hybridized carbons (Fsp3) is 0.588. The number of benzene rings is 1. The van der Waals surface area contributed by atoms with Gasteiger partial charge < -0.3 is 14.7 Å². The Morgan fingerprint density at radius 1 is 1.19 bits per heavy atom. The average Bonchev–Trinajstić information content (AvgIpc) is 2.53. The molecule has 0 saturated carbocycles. The van der Waals surface area contributed by atoms with Crippen LogP contribution in [0.15, 0.2) is 24.3 Å². The van der Waals surface area contributed by atoms with Gasteiger partial charge in [-0.1, -0.05) is 12.1 Å². The molecule has 0 amide bonds. The highest BCUT2D eigenvalue weighted by Crippen LogP contribution is 2.22. The number of phenolic OH excluding ortho intramolecular Hbond substituents is 1. The number of quaternary nitrogens is 1. The van der Waals surface area contributed by atoms with E-state index in [0.717, 1.165) is 6.42 Å². The van der Waals surface area contributed by atoms with Gasteiger partial charge >= 0.3 is 5.97 Å². The maximum atomic E-state index is 12.1. The van der Waals surface area contributed by atoms with Gasteiger partial charge in [0.05, 0.1) is 19.1 Å². The first-order valence-corrected chi connectivity index (χ1v) is 8.05. The fourth-order valence-electron chi connectivity index (χ4n) is 3.88. The van der Waals surface area contributed by atoms with E-state index in [4.69, 9.17) is 4.74 Å². The number of fused-ring (bicyclic) bond motifs is 1. The van der Waals surface area contributed by atoms with Gasteiger partial charge in [-0.2, -0.15) is 0 Å². The summed E-state index contributed by atoms with van der Waals surface area (Å²) in [7, 11) is 0. The monoisotopic (exact) mass is 290 g/mol. The summed E-state index contributed by atoms with van der Waals surface area (Å²) in [6.07, 6.45) is 6.27. The van der Waals surface area contributed by atoms with E-state index >= 15 is 0 Å². The van der Waals surface area contributed by atoms with Crippen molar-refractivity contribution in [3.63, 3.8) is 0 Å². The SMILES string of the molecule is O=C(OC[C@@H]1CCC[NH+]2CCCC[C@H]12)c1ccccc1O. The number of piperidine rings is 2. The summed E-state index contributed by atoms with van der Waals surface area (Å²) in [6, 6.07) is 7.23. The van der Waals surface area contributed by atoms with Gasteiger partial charge in [0.2, 0.25) is 0 Å². The molecule has 0 aliphatic carbocycles. The van der Waals surface area contributed by atoms with Crippen LogP contribution in [0.3, 0.4) is 0 Å². The van der Waals surface area contributed by atoms with E-state index in [-0.39, 0.29) is 11.3 Å². The van der Waals surface area contributed by atoms with Crippen molar-refractivity contribution >= 4 is 5.97 Å². The molecule has 4 nitrogen and oxygen atoms in total. The summed E-state index contributed by atoms with van der Waals surface area (Å²) in [5, 5.41) is 9.70. The molecular formula is C17H24NO3+. The summed E-state index contributed by atoms with van der Waals surface area (Å²) in [5.41, 5.74) is 0.265. The molecule has 4 heteroatoms. The van der Waals surface area contributed by atoms with Crippen molar-refractivity contribution in [3.8, 4) is 5.75 Å². The van der Waals surface area contributed by atoms with Crippen molar-refractivity contribution in [2.45, 2.75) is 38.1 Å². The molecule has 1 aromatic rings. The van der Waals surface area contributed by atoms with Crippen LogP contribution in [0, 0.1) is 5.92 Å². The van der Waals surface area contributed by atoms with E-state index in [1.54, 1.807) is 23.1 Å². The van der Waals surface area contributed by atoms with Crippen molar-refractivity contribution in [2.24, 2.45) is 5.92 Å². The molecule has 2 saturated heterocycles. The van der Waals surface area contributed by atoms with Crippen LogP contribution in [0.4, 0.5) is 0 Å². The summed E-state index contributed by atoms with van der Waals surface area (Å²) in [6.45, 7) is 3.03. The number of aromatic hydroxyl groups is 1. The topological polar surface area (TPSA) is 51.0 Å². The Balaban J connectivity index is 1.59. The van der Waals surface area contributed by atoms with Crippen molar-refractivity contribution < 1.29 is 19.5 Å². The molecule has 0 spiro atoms. The number of ether oxygens (including phenoxy) is 1. The maximum absolute atomic E-state index is 12.1. The Morgan fingerprint density at radius 2 is 2.00 bits per heavy atom. The minimum Gasteiger partial charge on any atom is -0.507 e. The highest BCUT2D eigenvalue weighted by atomic mass is 16.5. The summed E-state index contributed by atoms with van der Waals surface area (Å²) in [5.74, 6) is 0.0657. The average molecular weight is 290 g/mol. The number of carbonyl (C=O) groups is 1. The molecule has 2 aliphatic rings. The van der Waals surface area contributed by atoms with Crippen LogP contribution in [-0.2, 0) is 4.74 Å². The highest BCUT2D eigenvalue weighted by molar-refractivity contribution is 5.92. The largest absolute Gasteiger partial charge is 0.507 e. The highest BCUT2D eigenvalue weighted by Gasteiger charge is 2.37. The first-order valence-electron chi connectivity index (χ1n) is 8.05. The molecule has 2 aliphatic heterocycles. The smallest absolute Gasteiger partial charge is 0.341 e. The Labute approximate surface area is 125 Å². The van der Waals surface area contributed by atoms with Gasteiger partial charge in [0.25, 0.3) is 0 Å². The van der Waals surface area contributed by atoms with Crippen LogP contribution in [-0.4, -0.2) is 36.8 Å². The zero-order chi connectivity index (χ0) is 14.7. The van der Waals surface area contributed by atoms with Gasteiger partial charge in [0, 0.05) is 5.92 Å². The Hall–Kier alpha value is -1.55.